The van der Waals surface area contributed by atoms with Gasteiger partial charge in [0.2, 0.25) is 0 Å². The van der Waals surface area contributed by atoms with Crippen LogP contribution in [-0.4, -0.2) is 0 Å². The van der Waals surface area contributed by atoms with E-state index in [1.54, 1.807) is 0 Å². The Hall–Kier alpha value is -0.700. The summed E-state index contributed by atoms with van der Waals surface area (Å²) < 4.78 is 40.5. The lowest BCUT2D eigenvalue weighted by Gasteiger charge is -2.18. The molecule has 0 unspecified atom stereocenters. The highest BCUT2D eigenvalue weighted by molar-refractivity contribution is 6.31. The molecule has 0 bridgehead atoms. The first kappa shape index (κ1) is 10.8. The number of hydrogen-bond donors (Lipinski definition) is 0. The molecule has 15 heavy (non-hydrogen) atoms. The highest BCUT2D eigenvalue weighted by Gasteiger charge is 2.49. The van der Waals surface area contributed by atoms with Crippen LogP contribution in [0.4, 0.5) is 13.2 Å². The maximum Gasteiger partial charge on any atom is 0.277 e. The second-order valence-corrected chi connectivity index (χ2v) is 4.39. The van der Waals surface area contributed by atoms with Crippen LogP contribution in [0.25, 0.3) is 0 Å². The minimum Gasteiger partial charge on any atom is -0.207 e. The molecule has 0 saturated heterocycles. The zero-order chi connectivity index (χ0) is 11.2. The van der Waals surface area contributed by atoms with Crippen molar-refractivity contribution < 1.29 is 13.2 Å². The molecule has 0 radical (unpaired) electrons. The summed E-state index contributed by atoms with van der Waals surface area (Å²) in [5.41, 5.74) is -0.0925. The Balaban J connectivity index is 2.47. The molecule has 0 heterocycles. The third kappa shape index (κ3) is 1.85. The fraction of sp³-hybridized carbons (Fsp3) is 0.455. The largest absolute Gasteiger partial charge is 0.277 e. The van der Waals surface area contributed by atoms with E-state index in [0.29, 0.717) is 12.8 Å². The minimum atomic E-state index is -2.99. The van der Waals surface area contributed by atoms with Crippen LogP contribution in [0.1, 0.15) is 24.0 Å². The fourth-order valence-electron chi connectivity index (χ4n) is 1.57. The van der Waals surface area contributed by atoms with E-state index >= 15 is 0 Å². The number of benzene rings is 1. The molecular weight excluding hydrogens is 225 g/mol. The first-order chi connectivity index (χ1) is 6.93. The van der Waals surface area contributed by atoms with Gasteiger partial charge in [-0.3, -0.25) is 0 Å². The first-order valence-corrected chi connectivity index (χ1v) is 5.14. The quantitative estimate of drug-likeness (QED) is 0.716. The van der Waals surface area contributed by atoms with Gasteiger partial charge < -0.3 is 0 Å². The molecule has 2 rings (SSSR count). The molecule has 82 valence electrons. The topological polar surface area (TPSA) is 0 Å². The standard InChI is InChI=1S/C11H10ClF3/c1-6-4-9(12)8(5-10(6)13)11(14,15)7-2-3-7/h4-5,7H,2-3H2,1H3. The van der Waals surface area contributed by atoms with Gasteiger partial charge in [-0.05, 0) is 37.5 Å². The van der Waals surface area contributed by atoms with Crippen molar-refractivity contribution in [2.45, 2.75) is 25.7 Å². The van der Waals surface area contributed by atoms with Crippen LogP contribution in [0.15, 0.2) is 12.1 Å². The molecule has 1 aliphatic rings. The summed E-state index contributed by atoms with van der Waals surface area (Å²) in [4.78, 5) is 0. The Morgan fingerprint density at radius 3 is 2.47 bits per heavy atom. The van der Waals surface area contributed by atoms with Crippen LogP contribution in [0.3, 0.4) is 0 Å². The monoisotopic (exact) mass is 234 g/mol. The van der Waals surface area contributed by atoms with E-state index in [2.05, 4.69) is 0 Å². The van der Waals surface area contributed by atoms with E-state index in [0.717, 1.165) is 6.07 Å². The van der Waals surface area contributed by atoms with Crippen molar-refractivity contribution in [1.82, 2.24) is 0 Å². The molecule has 0 aromatic heterocycles. The fourth-order valence-corrected chi connectivity index (χ4v) is 1.91. The van der Waals surface area contributed by atoms with E-state index < -0.39 is 17.7 Å². The summed E-state index contributed by atoms with van der Waals surface area (Å²) in [5, 5.41) is -0.0502. The normalized spacial score (nSPS) is 16.9. The molecule has 1 fully saturated rings. The Kier molecular flexibility index (Phi) is 2.45. The summed E-state index contributed by atoms with van der Waals surface area (Å²) in [6, 6.07) is 2.11. The van der Waals surface area contributed by atoms with Crippen LogP contribution in [0.2, 0.25) is 5.02 Å². The Labute approximate surface area is 91.1 Å². The smallest absolute Gasteiger partial charge is 0.207 e. The average Bonchev–Trinajstić information content (AvgIpc) is 2.93. The molecule has 0 N–H and O–H groups in total. The SMILES string of the molecule is Cc1cc(Cl)c(C(F)(F)C2CC2)cc1F. The number of halogens is 4. The second-order valence-electron chi connectivity index (χ2n) is 3.98. The van der Waals surface area contributed by atoms with Gasteiger partial charge in [-0.2, -0.15) is 0 Å². The molecule has 0 amide bonds. The number of alkyl halides is 2. The molecule has 1 saturated carbocycles. The molecule has 1 aromatic rings. The van der Waals surface area contributed by atoms with Crippen molar-refractivity contribution in [3.63, 3.8) is 0 Å². The predicted octanol–water partition coefficient (Wildman–Crippen LogP) is 4.29. The van der Waals surface area contributed by atoms with Gasteiger partial charge in [0.1, 0.15) is 5.82 Å². The number of hydrogen-bond acceptors (Lipinski definition) is 0. The van der Waals surface area contributed by atoms with Crippen LogP contribution < -0.4 is 0 Å². The highest BCUT2D eigenvalue weighted by atomic mass is 35.5. The van der Waals surface area contributed by atoms with Crippen LogP contribution in [0.5, 0.6) is 0 Å². The van der Waals surface area contributed by atoms with Crippen LogP contribution in [0, 0.1) is 18.7 Å². The second kappa shape index (κ2) is 3.41. The lowest BCUT2D eigenvalue weighted by Crippen LogP contribution is -2.17. The molecule has 0 nitrogen and oxygen atoms in total. The molecule has 1 aromatic carbocycles. The molecule has 0 atom stereocenters. The van der Waals surface area contributed by atoms with E-state index in [9.17, 15) is 13.2 Å². The van der Waals surface area contributed by atoms with Gasteiger partial charge in [-0.15, -0.1) is 0 Å². The molecule has 4 heteroatoms. The highest BCUT2D eigenvalue weighted by Crippen LogP contribution is 2.51. The third-order valence-corrected chi connectivity index (χ3v) is 3.01. The van der Waals surface area contributed by atoms with E-state index in [1.807, 2.05) is 0 Å². The van der Waals surface area contributed by atoms with E-state index in [-0.39, 0.29) is 16.1 Å². The van der Waals surface area contributed by atoms with Gasteiger partial charge in [0, 0.05) is 11.5 Å². The van der Waals surface area contributed by atoms with Crippen molar-refractivity contribution in [3.05, 3.63) is 34.1 Å². The predicted molar refractivity (Wildman–Crippen MR) is 52.8 cm³/mol. The number of rotatable bonds is 2. The van der Waals surface area contributed by atoms with Gasteiger partial charge in [0.25, 0.3) is 5.92 Å². The van der Waals surface area contributed by atoms with Gasteiger partial charge >= 0.3 is 0 Å². The lowest BCUT2D eigenvalue weighted by molar-refractivity contribution is -0.0287. The summed E-state index contributed by atoms with van der Waals surface area (Å²) in [6.45, 7) is 1.50. The van der Waals surface area contributed by atoms with Crippen molar-refractivity contribution in [3.8, 4) is 0 Å². The summed E-state index contributed by atoms with van der Waals surface area (Å²) in [6.07, 6.45) is 0.970. The molecule has 0 aliphatic heterocycles. The summed E-state index contributed by atoms with van der Waals surface area (Å²) in [7, 11) is 0. The zero-order valence-electron chi connectivity index (χ0n) is 8.16. The third-order valence-electron chi connectivity index (χ3n) is 2.70. The Morgan fingerprint density at radius 1 is 1.33 bits per heavy atom. The van der Waals surface area contributed by atoms with Crippen molar-refractivity contribution in [1.29, 1.82) is 0 Å². The summed E-state index contributed by atoms with van der Waals surface area (Å²) >= 11 is 5.71. The van der Waals surface area contributed by atoms with Gasteiger partial charge in [-0.25, -0.2) is 13.2 Å². The van der Waals surface area contributed by atoms with Crippen LogP contribution in [-0.2, 0) is 5.92 Å². The van der Waals surface area contributed by atoms with Crippen molar-refractivity contribution in [2.75, 3.05) is 0 Å². The van der Waals surface area contributed by atoms with Crippen molar-refractivity contribution >= 4 is 11.6 Å². The molecular formula is C11H10ClF3. The van der Waals surface area contributed by atoms with Gasteiger partial charge in [-0.1, -0.05) is 11.6 Å². The first-order valence-electron chi connectivity index (χ1n) is 4.77. The van der Waals surface area contributed by atoms with Gasteiger partial charge in [0.15, 0.2) is 0 Å². The molecule has 1 aliphatic carbocycles. The Bertz CT molecular complexity index is 397. The van der Waals surface area contributed by atoms with E-state index in [1.165, 1.54) is 13.0 Å². The minimum absolute atomic E-state index is 0.0502. The zero-order valence-corrected chi connectivity index (χ0v) is 8.91. The average molecular weight is 235 g/mol. The van der Waals surface area contributed by atoms with Crippen molar-refractivity contribution in [2.24, 2.45) is 5.92 Å². The van der Waals surface area contributed by atoms with E-state index in [4.69, 9.17) is 11.6 Å². The van der Waals surface area contributed by atoms with Gasteiger partial charge in [0.05, 0.1) is 5.02 Å². The Morgan fingerprint density at radius 2 is 1.93 bits per heavy atom. The molecule has 0 spiro atoms. The number of aryl methyl sites for hydroxylation is 1. The lowest BCUT2D eigenvalue weighted by atomic mass is 10.0. The maximum atomic E-state index is 13.7. The maximum absolute atomic E-state index is 13.7. The van der Waals surface area contributed by atoms with Crippen LogP contribution >= 0.6 is 11.6 Å². The summed E-state index contributed by atoms with van der Waals surface area (Å²) in [5.74, 6) is -4.29.